The molecule has 1 saturated heterocycles. The van der Waals surface area contributed by atoms with Crippen LogP contribution in [-0.4, -0.2) is 49.0 Å². The Balaban J connectivity index is 1.54. The van der Waals surface area contributed by atoms with Crippen LogP contribution in [0.2, 0.25) is 0 Å². The fourth-order valence-corrected chi connectivity index (χ4v) is 3.69. The van der Waals surface area contributed by atoms with Crippen LogP contribution in [0.4, 0.5) is 8.78 Å². The van der Waals surface area contributed by atoms with Crippen LogP contribution in [0.25, 0.3) is 0 Å². The van der Waals surface area contributed by atoms with E-state index in [1.54, 1.807) is 17.2 Å². The van der Waals surface area contributed by atoms with Crippen molar-refractivity contribution >= 4 is 23.5 Å². The number of amides is 1. The number of nitrogens with zero attached hydrogens (tertiary/aromatic N) is 1. The summed E-state index contributed by atoms with van der Waals surface area (Å²) in [5, 5.41) is 1.72. The Morgan fingerprint density at radius 2 is 1.94 bits per heavy atom. The molecule has 0 spiro atoms. The number of carbonyl (C=O) groups excluding carboxylic acids is 2. The molecule has 3 rings (SSSR count). The highest BCUT2D eigenvalue weighted by Gasteiger charge is 2.25. The number of rotatable bonds is 8. The first-order chi connectivity index (χ1) is 15.0. The van der Waals surface area contributed by atoms with Crippen molar-refractivity contribution in [2.75, 3.05) is 26.3 Å². The number of ether oxygens (including phenoxy) is 2. The van der Waals surface area contributed by atoms with E-state index in [-0.39, 0.29) is 36.8 Å². The van der Waals surface area contributed by atoms with Crippen LogP contribution in [0, 0.1) is 11.6 Å². The van der Waals surface area contributed by atoms with Crippen LogP contribution >= 0.6 is 11.8 Å². The Morgan fingerprint density at radius 3 is 2.61 bits per heavy atom. The predicted octanol–water partition coefficient (Wildman–Crippen LogP) is 4.47. The minimum Gasteiger partial charge on any atom is -0.485 e. The molecule has 0 aromatic heterocycles. The summed E-state index contributed by atoms with van der Waals surface area (Å²) in [5.41, 5.74) is -0.0318. The lowest BCUT2D eigenvalue weighted by molar-refractivity contribution is -0.134. The molecule has 5 nitrogen and oxygen atoms in total. The molecule has 164 valence electrons. The second kappa shape index (κ2) is 11.1. The van der Waals surface area contributed by atoms with E-state index in [9.17, 15) is 18.4 Å². The molecule has 2 aromatic rings. The molecule has 0 N–H and O–H groups in total. The number of halogens is 2. The molecule has 1 unspecified atom stereocenters. The van der Waals surface area contributed by atoms with Crippen molar-refractivity contribution in [3.8, 4) is 5.75 Å². The largest absolute Gasteiger partial charge is 0.485 e. The molecule has 0 bridgehead atoms. The van der Waals surface area contributed by atoms with E-state index >= 15 is 0 Å². The molecule has 1 atom stereocenters. The SMILES string of the molecule is CCC(=O)c1cc(F)c(OCC2CN(C(=O)/C=C/Sc3ccccc3)CCO2)c(F)c1. The van der Waals surface area contributed by atoms with Crippen molar-refractivity contribution in [1.82, 2.24) is 4.90 Å². The molecule has 0 radical (unpaired) electrons. The summed E-state index contributed by atoms with van der Waals surface area (Å²) >= 11 is 1.44. The Labute approximate surface area is 184 Å². The van der Waals surface area contributed by atoms with Crippen molar-refractivity contribution in [3.63, 3.8) is 0 Å². The van der Waals surface area contributed by atoms with Gasteiger partial charge in [-0.2, -0.15) is 0 Å². The number of Topliss-reactive ketones (excluding diaryl/α,β-unsaturated/α-hetero) is 1. The number of thioether (sulfide) groups is 1. The molecule has 0 saturated carbocycles. The van der Waals surface area contributed by atoms with Gasteiger partial charge in [-0.15, -0.1) is 0 Å². The van der Waals surface area contributed by atoms with Gasteiger partial charge in [0.15, 0.2) is 23.2 Å². The Morgan fingerprint density at radius 1 is 1.23 bits per heavy atom. The number of hydrogen-bond acceptors (Lipinski definition) is 5. The predicted molar refractivity (Wildman–Crippen MR) is 114 cm³/mol. The van der Waals surface area contributed by atoms with Crippen LogP contribution < -0.4 is 4.74 Å². The van der Waals surface area contributed by atoms with Gasteiger partial charge >= 0.3 is 0 Å². The van der Waals surface area contributed by atoms with Crippen LogP contribution in [0.5, 0.6) is 5.75 Å². The summed E-state index contributed by atoms with van der Waals surface area (Å²) in [5.74, 6) is -2.97. The van der Waals surface area contributed by atoms with Gasteiger partial charge in [0.1, 0.15) is 12.7 Å². The smallest absolute Gasteiger partial charge is 0.247 e. The average Bonchev–Trinajstić information content (AvgIpc) is 2.78. The van der Waals surface area contributed by atoms with Gasteiger partial charge in [-0.3, -0.25) is 9.59 Å². The minimum absolute atomic E-state index is 0.0318. The summed E-state index contributed by atoms with van der Waals surface area (Å²) in [4.78, 5) is 26.7. The highest BCUT2D eigenvalue weighted by Crippen LogP contribution is 2.25. The molecular weight excluding hydrogens is 424 g/mol. The van der Waals surface area contributed by atoms with Crippen molar-refractivity contribution in [3.05, 3.63) is 71.1 Å². The Bertz CT molecular complexity index is 929. The topological polar surface area (TPSA) is 55.8 Å². The van der Waals surface area contributed by atoms with Gasteiger partial charge < -0.3 is 14.4 Å². The maximum absolute atomic E-state index is 14.2. The highest BCUT2D eigenvalue weighted by atomic mass is 32.2. The molecule has 1 aliphatic heterocycles. The highest BCUT2D eigenvalue weighted by molar-refractivity contribution is 8.02. The second-order valence-electron chi connectivity index (χ2n) is 6.87. The lowest BCUT2D eigenvalue weighted by atomic mass is 10.1. The van der Waals surface area contributed by atoms with Crippen LogP contribution in [-0.2, 0) is 9.53 Å². The third-order valence-corrected chi connectivity index (χ3v) is 5.48. The standard InChI is InChI=1S/C23H23F2NO4S/c1-2-21(27)16-12-19(24)23(20(25)13-16)30-15-17-14-26(9-10-29-17)22(28)8-11-31-18-6-4-3-5-7-18/h3-8,11-13,17H,2,9-10,14-15H2,1H3/b11-8+. The average molecular weight is 448 g/mol. The van der Waals surface area contributed by atoms with E-state index in [2.05, 4.69) is 0 Å². The fraction of sp³-hybridized carbons (Fsp3) is 0.304. The zero-order valence-electron chi connectivity index (χ0n) is 17.1. The molecule has 1 heterocycles. The van der Waals surface area contributed by atoms with Gasteiger partial charge in [0, 0.05) is 29.5 Å². The summed E-state index contributed by atoms with van der Waals surface area (Å²) in [6.45, 7) is 2.46. The van der Waals surface area contributed by atoms with Crippen LogP contribution in [0.3, 0.4) is 0 Å². The maximum atomic E-state index is 14.2. The molecule has 1 fully saturated rings. The first-order valence-electron chi connectivity index (χ1n) is 9.91. The molecule has 2 aromatic carbocycles. The zero-order chi connectivity index (χ0) is 22.2. The first kappa shape index (κ1) is 23.0. The zero-order valence-corrected chi connectivity index (χ0v) is 17.9. The number of carbonyl (C=O) groups is 2. The molecule has 31 heavy (non-hydrogen) atoms. The van der Waals surface area contributed by atoms with Gasteiger partial charge in [-0.05, 0) is 29.7 Å². The van der Waals surface area contributed by atoms with Gasteiger partial charge in [-0.25, -0.2) is 8.78 Å². The normalized spacial score (nSPS) is 16.5. The third kappa shape index (κ3) is 6.38. The number of morpholine rings is 1. The lowest BCUT2D eigenvalue weighted by Crippen LogP contribution is -2.47. The summed E-state index contributed by atoms with van der Waals surface area (Å²) in [6, 6.07) is 11.6. The molecular formula is C23H23F2NO4S. The van der Waals surface area contributed by atoms with Crippen molar-refractivity contribution in [1.29, 1.82) is 0 Å². The number of hydrogen-bond donors (Lipinski definition) is 0. The van der Waals surface area contributed by atoms with Crippen molar-refractivity contribution < 1.29 is 27.8 Å². The van der Waals surface area contributed by atoms with E-state index < -0.39 is 23.5 Å². The molecule has 1 aliphatic rings. The van der Waals surface area contributed by atoms with Crippen molar-refractivity contribution in [2.24, 2.45) is 0 Å². The summed E-state index contributed by atoms with van der Waals surface area (Å²) < 4.78 is 39.3. The fourth-order valence-electron chi connectivity index (χ4n) is 3.03. The molecule has 8 heteroatoms. The first-order valence-corrected chi connectivity index (χ1v) is 10.8. The van der Waals surface area contributed by atoms with Gasteiger partial charge in [0.2, 0.25) is 5.91 Å². The Hall–Kier alpha value is -2.71. The van der Waals surface area contributed by atoms with Gasteiger partial charge in [-0.1, -0.05) is 36.9 Å². The molecule has 1 amide bonds. The monoisotopic (exact) mass is 447 g/mol. The Kier molecular flexibility index (Phi) is 8.20. The van der Waals surface area contributed by atoms with E-state index in [0.29, 0.717) is 13.2 Å². The summed E-state index contributed by atoms with van der Waals surface area (Å²) in [6.07, 6.45) is 1.12. The minimum atomic E-state index is -0.943. The lowest BCUT2D eigenvalue weighted by Gasteiger charge is -2.32. The van der Waals surface area contributed by atoms with E-state index in [0.717, 1.165) is 17.0 Å². The van der Waals surface area contributed by atoms with Gasteiger partial charge in [0.25, 0.3) is 0 Å². The van der Waals surface area contributed by atoms with Crippen LogP contribution in [0.15, 0.2) is 58.8 Å². The van der Waals surface area contributed by atoms with Crippen molar-refractivity contribution in [2.45, 2.75) is 24.3 Å². The van der Waals surface area contributed by atoms with E-state index in [1.807, 2.05) is 30.3 Å². The van der Waals surface area contributed by atoms with E-state index in [1.165, 1.54) is 17.8 Å². The number of benzene rings is 2. The number of ketones is 1. The van der Waals surface area contributed by atoms with E-state index in [4.69, 9.17) is 9.47 Å². The second-order valence-corrected chi connectivity index (χ2v) is 7.85. The van der Waals surface area contributed by atoms with Crippen LogP contribution in [0.1, 0.15) is 23.7 Å². The molecule has 0 aliphatic carbocycles. The third-order valence-electron chi connectivity index (χ3n) is 4.66. The maximum Gasteiger partial charge on any atom is 0.247 e. The van der Waals surface area contributed by atoms with Gasteiger partial charge in [0.05, 0.1) is 13.2 Å². The quantitative estimate of drug-likeness (QED) is 0.340. The summed E-state index contributed by atoms with van der Waals surface area (Å²) in [7, 11) is 0.